The Morgan fingerprint density at radius 1 is 1.53 bits per heavy atom. The monoisotopic (exact) mass is 250 g/mol. The number of hydrogen-bond donors (Lipinski definition) is 0. The largest absolute Gasteiger partial charge is 0.260 e. The fraction of sp³-hybridized carbons (Fsp3) is 0.500. The van der Waals surface area contributed by atoms with Crippen molar-refractivity contribution in [3.8, 4) is 6.07 Å². The SMILES string of the molecule is CCS(=O)(=O)c1cc(C2(C#N)CC2)cnc1C. The highest BCUT2D eigenvalue weighted by molar-refractivity contribution is 7.91. The van der Waals surface area contributed by atoms with Crippen LogP contribution >= 0.6 is 0 Å². The van der Waals surface area contributed by atoms with Gasteiger partial charge in [0.15, 0.2) is 9.84 Å². The second-order valence-corrected chi connectivity index (χ2v) is 6.65. The molecule has 1 fully saturated rings. The lowest BCUT2D eigenvalue weighted by atomic mass is 10.00. The van der Waals surface area contributed by atoms with E-state index in [1.807, 2.05) is 0 Å². The van der Waals surface area contributed by atoms with E-state index in [9.17, 15) is 8.42 Å². The molecule has 0 bridgehead atoms. The number of aromatic nitrogens is 1. The van der Waals surface area contributed by atoms with Gasteiger partial charge in [-0.05, 0) is 31.4 Å². The van der Waals surface area contributed by atoms with Gasteiger partial charge in [0.25, 0.3) is 0 Å². The molecule has 1 heterocycles. The smallest absolute Gasteiger partial charge is 0.179 e. The lowest BCUT2D eigenvalue weighted by Crippen LogP contribution is -2.11. The van der Waals surface area contributed by atoms with Crippen molar-refractivity contribution in [2.45, 2.75) is 37.0 Å². The van der Waals surface area contributed by atoms with E-state index in [1.165, 1.54) is 0 Å². The maximum absolute atomic E-state index is 11.9. The summed E-state index contributed by atoms with van der Waals surface area (Å²) >= 11 is 0. The van der Waals surface area contributed by atoms with Gasteiger partial charge in [0.2, 0.25) is 0 Å². The Balaban J connectivity index is 2.56. The van der Waals surface area contributed by atoms with Crippen molar-refractivity contribution in [2.24, 2.45) is 0 Å². The summed E-state index contributed by atoms with van der Waals surface area (Å²) in [6, 6.07) is 3.87. The molecular formula is C12H14N2O2S. The molecular weight excluding hydrogens is 236 g/mol. The highest BCUT2D eigenvalue weighted by Crippen LogP contribution is 2.47. The number of rotatable bonds is 3. The Labute approximate surface area is 101 Å². The van der Waals surface area contributed by atoms with E-state index < -0.39 is 15.3 Å². The van der Waals surface area contributed by atoms with Crippen LogP contribution in [0.5, 0.6) is 0 Å². The molecule has 0 radical (unpaired) electrons. The highest BCUT2D eigenvalue weighted by Gasteiger charge is 2.45. The number of aryl methyl sites for hydroxylation is 1. The Hall–Kier alpha value is -1.41. The Bertz CT molecular complexity index is 595. The fourth-order valence-corrected chi connectivity index (χ4v) is 2.96. The average molecular weight is 250 g/mol. The van der Waals surface area contributed by atoms with Gasteiger partial charge in [-0.3, -0.25) is 4.98 Å². The molecule has 4 nitrogen and oxygen atoms in total. The summed E-state index contributed by atoms with van der Waals surface area (Å²) in [5.74, 6) is 0.0541. The predicted molar refractivity (Wildman–Crippen MR) is 63.2 cm³/mol. The second kappa shape index (κ2) is 3.81. The molecule has 1 aromatic heterocycles. The van der Waals surface area contributed by atoms with Crippen molar-refractivity contribution in [3.05, 3.63) is 23.5 Å². The van der Waals surface area contributed by atoms with Crippen LogP contribution in [0.25, 0.3) is 0 Å². The third-order valence-electron chi connectivity index (χ3n) is 3.27. The number of hydrogen-bond acceptors (Lipinski definition) is 4. The molecule has 0 unspecified atom stereocenters. The van der Waals surface area contributed by atoms with Crippen molar-refractivity contribution < 1.29 is 8.42 Å². The summed E-state index contributed by atoms with van der Waals surface area (Å²) in [5.41, 5.74) is 0.751. The summed E-state index contributed by atoms with van der Waals surface area (Å²) < 4.78 is 23.8. The first kappa shape index (κ1) is 12.1. The molecule has 2 rings (SSSR count). The van der Waals surface area contributed by atoms with E-state index in [0.29, 0.717) is 5.69 Å². The van der Waals surface area contributed by atoms with Crippen LogP contribution in [0, 0.1) is 18.3 Å². The molecule has 0 saturated heterocycles. The first-order chi connectivity index (χ1) is 7.95. The van der Waals surface area contributed by atoms with Crippen LogP contribution in [0.15, 0.2) is 17.2 Å². The zero-order valence-electron chi connectivity index (χ0n) is 9.90. The van der Waals surface area contributed by atoms with Gasteiger partial charge in [-0.2, -0.15) is 5.26 Å². The van der Waals surface area contributed by atoms with E-state index in [1.54, 1.807) is 26.1 Å². The third-order valence-corrected chi connectivity index (χ3v) is 5.12. The van der Waals surface area contributed by atoms with E-state index in [2.05, 4.69) is 11.1 Å². The Morgan fingerprint density at radius 2 is 2.18 bits per heavy atom. The van der Waals surface area contributed by atoms with Crippen molar-refractivity contribution >= 4 is 9.84 Å². The van der Waals surface area contributed by atoms with Gasteiger partial charge in [-0.25, -0.2) is 8.42 Å². The minimum absolute atomic E-state index is 0.0541. The maximum atomic E-state index is 11.9. The summed E-state index contributed by atoms with van der Waals surface area (Å²) in [4.78, 5) is 4.38. The Morgan fingerprint density at radius 3 is 2.65 bits per heavy atom. The molecule has 1 aliphatic rings. The first-order valence-electron chi connectivity index (χ1n) is 5.56. The van der Waals surface area contributed by atoms with Gasteiger partial charge >= 0.3 is 0 Å². The minimum atomic E-state index is -3.26. The van der Waals surface area contributed by atoms with Crippen LogP contribution in [0.2, 0.25) is 0 Å². The summed E-state index contributed by atoms with van der Waals surface area (Å²) in [6.07, 6.45) is 3.21. The number of pyridine rings is 1. The van der Waals surface area contributed by atoms with Crippen molar-refractivity contribution in [3.63, 3.8) is 0 Å². The predicted octanol–water partition coefficient (Wildman–Crippen LogP) is 1.74. The standard InChI is InChI=1S/C12H14N2O2S/c1-3-17(15,16)11-6-10(7-14-9(11)2)12(8-13)4-5-12/h6-7H,3-5H2,1-2H3. The number of nitrogens with zero attached hydrogens (tertiary/aromatic N) is 2. The van der Waals surface area contributed by atoms with Gasteiger partial charge in [0.05, 0.1) is 27.8 Å². The zero-order valence-corrected chi connectivity index (χ0v) is 10.7. The molecule has 0 spiro atoms. The van der Waals surface area contributed by atoms with Crippen LogP contribution in [-0.2, 0) is 15.3 Å². The molecule has 0 aromatic carbocycles. The van der Waals surface area contributed by atoms with Crippen LogP contribution < -0.4 is 0 Å². The molecule has 0 amide bonds. The van der Waals surface area contributed by atoms with Gasteiger partial charge in [-0.15, -0.1) is 0 Å². The molecule has 0 N–H and O–H groups in total. The third kappa shape index (κ3) is 1.93. The molecule has 90 valence electrons. The molecule has 17 heavy (non-hydrogen) atoms. The quantitative estimate of drug-likeness (QED) is 0.819. The molecule has 1 aliphatic carbocycles. The maximum Gasteiger partial charge on any atom is 0.179 e. The van der Waals surface area contributed by atoms with Crippen molar-refractivity contribution in [1.29, 1.82) is 5.26 Å². The number of sulfone groups is 1. The van der Waals surface area contributed by atoms with E-state index in [0.717, 1.165) is 18.4 Å². The van der Waals surface area contributed by atoms with Crippen LogP contribution in [0.3, 0.4) is 0 Å². The topological polar surface area (TPSA) is 70.8 Å². The van der Waals surface area contributed by atoms with E-state index >= 15 is 0 Å². The fourth-order valence-electron chi connectivity index (χ4n) is 1.83. The lowest BCUT2D eigenvalue weighted by Gasteiger charge is -2.10. The zero-order chi connectivity index (χ0) is 12.7. The summed E-state index contributed by atoms with van der Waals surface area (Å²) in [7, 11) is -3.26. The molecule has 1 aromatic rings. The summed E-state index contributed by atoms with van der Waals surface area (Å²) in [6.45, 7) is 3.29. The van der Waals surface area contributed by atoms with E-state index in [4.69, 9.17) is 5.26 Å². The van der Waals surface area contributed by atoms with Gasteiger partial charge in [0, 0.05) is 6.20 Å². The van der Waals surface area contributed by atoms with Crippen LogP contribution in [0.1, 0.15) is 31.0 Å². The van der Waals surface area contributed by atoms with Crippen LogP contribution in [0.4, 0.5) is 0 Å². The van der Waals surface area contributed by atoms with E-state index in [-0.39, 0.29) is 10.6 Å². The number of nitriles is 1. The summed E-state index contributed by atoms with van der Waals surface area (Å²) in [5, 5.41) is 9.10. The molecule has 1 saturated carbocycles. The minimum Gasteiger partial charge on any atom is -0.260 e. The van der Waals surface area contributed by atoms with Gasteiger partial charge in [0.1, 0.15) is 0 Å². The Kier molecular flexibility index (Phi) is 2.70. The van der Waals surface area contributed by atoms with Crippen molar-refractivity contribution in [2.75, 3.05) is 5.75 Å². The van der Waals surface area contributed by atoms with Crippen molar-refractivity contribution in [1.82, 2.24) is 4.98 Å². The molecule has 0 atom stereocenters. The molecule has 0 aliphatic heterocycles. The molecule has 5 heteroatoms. The normalized spacial score (nSPS) is 17.5. The van der Waals surface area contributed by atoms with Gasteiger partial charge in [-0.1, -0.05) is 6.92 Å². The highest BCUT2D eigenvalue weighted by atomic mass is 32.2. The van der Waals surface area contributed by atoms with Crippen LogP contribution in [-0.4, -0.2) is 19.2 Å². The van der Waals surface area contributed by atoms with Gasteiger partial charge < -0.3 is 0 Å². The average Bonchev–Trinajstić information content (AvgIpc) is 3.10. The second-order valence-electron chi connectivity index (χ2n) is 4.40. The lowest BCUT2D eigenvalue weighted by molar-refractivity contribution is 0.595. The first-order valence-corrected chi connectivity index (χ1v) is 7.21.